The van der Waals surface area contributed by atoms with Gasteiger partial charge in [0.1, 0.15) is 30.3 Å². The van der Waals surface area contributed by atoms with Gasteiger partial charge in [0.15, 0.2) is 0 Å². The van der Waals surface area contributed by atoms with Gasteiger partial charge in [-0.15, -0.1) is 0 Å². The van der Waals surface area contributed by atoms with Gasteiger partial charge in [-0.3, -0.25) is 19.6 Å². The van der Waals surface area contributed by atoms with Gasteiger partial charge in [-0.25, -0.2) is 4.79 Å². The third-order valence-corrected chi connectivity index (χ3v) is 10.3. The number of alkyl carbamates (subject to hydrolysis) is 1. The molecule has 0 bridgehead atoms. The Morgan fingerprint density at radius 1 is 0.767 bits per heavy atom. The average molecular weight is 823 g/mol. The fourth-order valence-corrected chi connectivity index (χ4v) is 7.59. The van der Waals surface area contributed by atoms with Gasteiger partial charge in [0.25, 0.3) is 11.1 Å². The zero-order valence-electron chi connectivity index (χ0n) is 37.2. The van der Waals surface area contributed by atoms with Crippen LogP contribution < -0.4 is 31.6 Å². The molecule has 1 unspecified atom stereocenters. The van der Waals surface area contributed by atoms with Gasteiger partial charge in [-0.2, -0.15) is 0 Å². The SMILES string of the molecule is Cc1nccc2c1c(=O)n(C)c1cc(OC[C@@H](N)CC(C)C)c(C(C)O)cc21.Cc1nccc2c1c(=O)n(C)c1cc(OC[C@H](CC(C)C)NC(=O)OC(C)(C)C)ccc21. The fourth-order valence-electron chi connectivity index (χ4n) is 7.59. The first-order valence-electron chi connectivity index (χ1n) is 20.7. The maximum absolute atomic E-state index is 12.9. The molecule has 13 nitrogen and oxygen atoms in total. The first-order valence-corrected chi connectivity index (χ1v) is 20.7. The van der Waals surface area contributed by atoms with E-state index in [-0.39, 0.29) is 23.2 Å². The Morgan fingerprint density at radius 2 is 1.32 bits per heavy atom. The number of rotatable bonds is 12. The van der Waals surface area contributed by atoms with Crippen LogP contribution >= 0.6 is 0 Å². The Hall–Kier alpha value is -5.53. The number of ether oxygens (including phenoxy) is 3. The maximum Gasteiger partial charge on any atom is 0.407 e. The predicted octanol–water partition coefficient (Wildman–Crippen LogP) is 7.91. The minimum Gasteiger partial charge on any atom is -0.492 e. The van der Waals surface area contributed by atoms with Crippen molar-refractivity contribution in [3.63, 3.8) is 0 Å². The third kappa shape index (κ3) is 10.6. The van der Waals surface area contributed by atoms with E-state index in [0.29, 0.717) is 58.6 Å². The molecule has 0 saturated heterocycles. The summed E-state index contributed by atoms with van der Waals surface area (Å²) >= 11 is 0. The van der Waals surface area contributed by atoms with Crippen LogP contribution in [0.15, 0.2) is 64.4 Å². The summed E-state index contributed by atoms with van der Waals surface area (Å²) in [4.78, 5) is 46.6. The molecule has 0 aliphatic rings. The Bertz CT molecular complexity index is 2620. The van der Waals surface area contributed by atoms with Gasteiger partial charge in [0.2, 0.25) is 0 Å². The summed E-state index contributed by atoms with van der Waals surface area (Å²) in [6.07, 6.45) is 3.86. The van der Waals surface area contributed by atoms with Gasteiger partial charge in [-0.05, 0) is 107 Å². The highest BCUT2D eigenvalue weighted by atomic mass is 16.6. The van der Waals surface area contributed by atoms with Crippen LogP contribution in [0, 0.1) is 25.7 Å². The van der Waals surface area contributed by atoms with E-state index in [1.807, 2.05) is 77.1 Å². The second-order valence-electron chi connectivity index (χ2n) is 17.6. The number of aryl methyl sites for hydroxylation is 4. The van der Waals surface area contributed by atoms with Crippen molar-refractivity contribution in [2.24, 2.45) is 31.7 Å². The molecule has 0 spiro atoms. The van der Waals surface area contributed by atoms with Crippen molar-refractivity contribution in [3.05, 3.63) is 92.5 Å². The molecule has 322 valence electrons. The minimum absolute atomic E-state index is 0.0838. The molecule has 3 atom stereocenters. The summed E-state index contributed by atoms with van der Waals surface area (Å²) in [5, 5.41) is 18.0. The van der Waals surface area contributed by atoms with E-state index < -0.39 is 17.8 Å². The van der Waals surface area contributed by atoms with Gasteiger partial charge >= 0.3 is 6.09 Å². The summed E-state index contributed by atoms with van der Waals surface area (Å²) in [6, 6.07) is 12.9. The molecule has 0 aliphatic heterocycles. The number of benzene rings is 2. The lowest BCUT2D eigenvalue weighted by Gasteiger charge is -2.25. The molecule has 0 saturated carbocycles. The van der Waals surface area contributed by atoms with Crippen molar-refractivity contribution in [2.45, 2.75) is 106 Å². The van der Waals surface area contributed by atoms with Crippen LogP contribution in [-0.4, -0.2) is 61.2 Å². The molecule has 6 rings (SSSR count). The van der Waals surface area contributed by atoms with Crippen LogP contribution in [0.25, 0.3) is 43.4 Å². The Balaban J connectivity index is 0.000000230. The van der Waals surface area contributed by atoms with Crippen molar-refractivity contribution in [1.82, 2.24) is 24.4 Å². The summed E-state index contributed by atoms with van der Waals surface area (Å²) in [5.41, 5.74) is 9.04. The molecule has 4 heterocycles. The highest BCUT2D eigenvalue weighted by Crippen LogP contribution is 2.34. The van der Waals surface area contributed by atoms with Gasteiger partial charge < -0.3 is 39.5 Å². The van der Waals surface area contributed by atoms with Crippen LogP contribution in [-0.2, 0) is 18.8 Å². The van der Waals surface area contributed by atoms with Gasteiger partial charge in [-0.1, -0.05) is 27.7 Å². The van der Waals surface area contributed by atoms with Crippen molar-refractivity contribution in [2.75, 3.05) is 13.2 Å². The Labute approximate surface area is 351 Å². The molecule has 0 aliphatic carbocycles. The number of aliphatic hydroxyl groups is 1. The van der Waals surface area contributed by atoms with Crippen LogP contribution in [0.3, 0.4) is 0 Å². The van der Waals surface area contributed by atoms with Crippen molar-refractivity contribution in [1.29, 1.82) is 0 Å². The van der Waals surface area contributed by atoms with Gasteiger partial charge in [0.05, 0.1) is 45.3 Å². The largest absolute Gasteiger partial charge is 0.492 e. The molecule has 13 heteroatoms. The zero-order chi connectivity index (χ0) is 44.2. The highest BCUT2D eigenvalue weighted by molar-refractivity contribution is 6.07. The number of nitrogens with two attached hydrogens (primary N) is 1. The lowest BCUT2D eigenvalue weighted by Crippen LogP contribution is -2.42. The number of nitrogens with zero attached hydrogens (tertiary/aromatic N) is 4. The molecular formula is C47H62N6O7. The lowest BCUT2D eigenvalue weighted by molar-refractivity contribution is 0.0480. The Kier molecular flexibility index (Phi) is 14.3. The highest BCUT2D eigenvalue weighted by Gasteiger charge is 2.22. The molecule has 60 heavy (non-hydrogen) atoms. The van der Waals surface area contributed by atoms with Crippen LogP contribution in [0.5, 0.6) is 11.5 Å². The maximum atomic E-state index is 12.9. The van der Waals surface area contributed by atoms with E-state index >= 15 is 0 Å². The number of carbonyl (C=O) groups excluding carboxylic acids is 1. The van der Waals surface area contributed by atoms with E-state index in [1.165, 1.54) is 0 Å². The molecule has 0 fully saturated rings. The normalized spacial score (nSPS) is 13.4. The van der Waals surface area contributed by atoms with Crippen LogP contribution in [0.1, 0.15) is 91.3 Å². The Morgan fingerprint density at radius 3 is 1.85 bits per heavy atom. The average Bonchev–Trinajstić information content (AvgIpc) is 3.15. The van der Waals surface area contributed by atoms with Crippen LogP contribution in [0.4, 0.5) is 4.79 Å². The monoisotopic (exact) mass is 822 g/mol. The number of aromatic nitrogens is 4. The van der Waals surface area contributed by atoms with Crippen molar-refractivity contribution in [3.8, 4) is 11.5 Å². The number of fused-ring (bicyclic) bond motifs is 6. The number of pyridine rings is 4. The smallest absolute Gasteiger partial charge is 0.407 e. The molecule has 4 aromatic heterocycles. The lowest BCUT2D eigenvalue weighted by atomic mass is 10.0. The molecule has 4 N–H and O–H groups in total. The predicted molar refractivity (Wildman–Crippen MR) is 240 cm³/mol. The van der Waals surface area contributed by atoms with E-state index in [2.05, 4.69) is 43.0 Å². The molecular weight excluding hydrogens is 761 g/mol. The summed E-state index contributed by atoms with van der Waals surface area (Å²) in [5.74, 6) is 2.05. The number of nitrogens with one attached hydrogen (secondary N) is 1. The molecule has 2 aromatic carbocycles. The quantitative estimate of drug-likeness (QED) is 0.103. The van der Waals surface area contributed by atoms with E-state index in [0.717, 1.165) is 51.1 Å². The third-order valence-electron chi connectivity index (χ3n) is 10.3. The van der Waals surface area contributed by atoms with E-state index in [9.17, 15) is 19.5 Å². The first-order chi connectivity index (χ1) is 28.2. The number of hydrogen-bond acceptors (Lipinski definition) is 10. The molecule has 0 radical (unpaired) electrons. The number of amides is 1. The molecule has 1 amide bonds. The van der Waals surface area contributed by atoms with Crippen LogP contribution in [0.2, 0.25) is 0 Å². The van der Waals surface area contributed by atoms with E-state index in [4.69, 9.17) is 19.9 Å². The number of hydrogen-bond donors (Lipinski definition) is 3. The van der Waals surface area contributed by atoms with Crippen molar-refractivity contribution >= 4 is 49.4 Å². The fraction of sp³-hybridized carbons (Fsp3) is 0.468. The standard InChI is InChI=1S/C25H33N3O4.C22H29N3O3/c1-15(2)12-17(27-24(30)32-25(4,5)6)14-31-18-8-9-19-20-10-11-26-16(3)22(20)23(29)28(7)21(19)13-18;1-12(2)8-15(23)11-28-20-10-19-18(9-17(20)14(4)26)16-6-7-24-13(3)21(16)22(27)25(19)5/h8-11,13,15,17H,12,14H2,1-7H3,(H,27,30);6-7,9-10,12,14-15,26H,8,11,23H2,1-5H3/t17-;14?,15-/m00/s1. The topological polar surface area (TPSA) is 173 Å². The van der Waals surface area contributed by atoms with Gasteiger partial charge in [0, 0.05) is 61.0 Å². The summed E-state index contributed by atoms with van der Waals surface area (Å²) in [6.45, 7) is 20.0. The number of carbonyl (C=O) groups is 1. The number of aliphatic hydroxyl groups excluding tert-OH is 1. The second-order valence-corrected chi connectivity index (χ2v) is 17.6. The van der Waals surface area contributed by atoms with E-state index in [1.54, 1.807) is 42.5 Å². The second kappa shape index (κ2) is 18.8. The summed E-state index contributed by atoms with van der Waals surface area (Å²) in [7, 11) is 3.50. The minimum atomic E-state index is -0.712. The zero-order valence-corrected chi connectivity index (χ0v) is 37.2. The summed E-state index contributed by atoms with van der Waals surface area (Å²) < 4.78 is 20.7. The molecule has 6 aromatic rings. The van der Waals surface area contributed by atoms with Crippen molar-refractivity contribution < 1.29 is 24.1 Å². The first kappa shape index (κ1) is 45.6.